The Morgan fingerprint density at radius 3 is 2.45 bits per heavy atom. The van der Waals surface area contributed by atoms with E-state index in [0.29, 0.717) is 11.3 Å². The van der Waals surface area contributed by atoms with Crippen LogP contribution in [0.25, 0.3) is 10.8 Å². The number of hydrogen-bond acceptors (Lipinski definition) is 0. The molecule has 158 valence electrons. The summed E-state index contributed by atoms with van der Waals surface area (Å²) in [5, 5.41) is 0.632. The molecule has 0 heterocycles. The van der Waals surface area contributed by atoms with Gasteiger partial charge in [0.1, 0.15) is 5.82 Å². The van der Waals surface area contributed by atoms with Gasteiger partial charge in [0.05, 0.1) is 5.56 Å². The maximum absolute atomic E-state index is 14.4. The smallest absolute Gasteiger partial charge is 0.206 e. The van der Waals surface area contributed by atoms with Crippen LogP contribution in [0.4, 0.5) is 17.6 Å². The van der Waals surface area contributed by atoms with Gasteiger partial charge in [-0.25, -0.2) is 4.39 Å². The molecule has 4 atom stereocenters. The molecule has 0 N–H and O–H groups in total. The Labute approximate surface area is 170 Å². The molecule has 0 spiro atoms. The predicted octanol–water partition coefficient (Wildman–Crippen LogP) is 8.49. The van der Waals surface area contributed by atoms with Crippen molar-refractivity contribution in [2.24, 2.45) is 17.8 Å². The van der Waals surface area contributed by atoms with E-state index >= 15 is 0 Å². The Morgan fingerprint density at radius 2 is 1.69 bits per heavy atom. The van der Waals surface area contributed by atoms with Crippen LogP contribution in [0.5, 0.6) is 0 Å². The minimum atomic E-state index is -4.66. The van der Waals surface area contributed by atoms with Gasteiger partial charge >= 0.3 is 6.18 Å². The highest BCUT2D eigenvalue weighted by molar-refractivity contribution is 5.84. The topological polar surface area (TPSA) is 0 Å². The van der Waals surface area contributed by atoms with Crippen LogP contribution in [-0.2, 0) is 6.18 Å². The summed E-state index contributed by atoms with van der Waals surface area (Å²) >= 11 is 0. The highest BCUT2D eigenvalue weighted by Crippen LogP contribution is 2.48. The van der Waals surface area contributed by atoms with Gasteiger partial charge in [-0.3, -0.25) is 0 Å². The van der Waals surface area contributed by atoms with Crippen LogP contribution in [0, 0.1) is 23.6 Å². The average molecular weight is 407 g/mol. The molecule has 2 aromatic rings. The van der Waals surface area contributed by atoms with Crippen molar-refractivity contribution >= 4 is 10.8 Å². The van der Waals surface area contributed by atoms with Gasteiger partial charge in [0.15, 0.2) is 0 Å². The summed E-state index contributed by atoms with van der Waals surface area (Å²) in [6, 6.07) is 7.59. The zero-order valence-electron chi connectivity index (χ0n) is 17.1. The third-order valence-corrected chi connectivity index (χ3v) is 7.44. The SMILES string of the molecule is CCCC[C@@H]1CC[C@@H]2CC(c3ccc4c(F)c(C(F)(F)F)ccc4c3)CCC2C1. The molecule has 0 aromatic heterocycles. The quantitative estimate of drug-likeness (QED) is 0.447. The Bertz CT molecular complexity index is 854. The second-order valence-corrected chi connectivity index (χ2v) is 9.26. The molecule has 29 heavy (non-hydrogen) atoms. The fourth-order valence-electron chi connectivity index (χ4n) is 5.83. The summed E-state index contributed by atoms with van der Waals surface area (Å²) in [5.74, 6) is 1.80. The lowest BCUT2D eigenvalue weighted by molar-refractivity contribution is -0.139. The highest BCUT2D eigenvalue weighted by atomic mass is 19.4. The first-order chi connectivity index (χ1) is 13.9. The van der Waals surface area contributed by atoms with Crippen LogP contribution < -0.4 is 0 Å². The minimum absolute atomic E-state index is 0.0636. The number of halogens is 4. The van der Waals surface area contributed by atoms with Crippen molar-refractivity contribution in [3.63, 3.8) is 0 Å². The highest BCUT2D eigenvalue weighted by Gasteiger charge is 2.37. The van der Waals surface area contributed by atoms with Crippen LogP contribution in [0.15, 0.2) is 30.3 Å². The third kappa shape index (κ3) is 4.32. The van der Waals surface area contributed by atoms with E-state index in [0.717, 1.165) is 35.8 Å². The van der Waals surface area contributed by atoms with Crippen LogP contribution in [0.3, 0.4) is 0 Å². The standard InChI is InChI=1S/C25H30F4/c1-2-3-4-16-5-6-18-14-19(8-7-17(18)13-16)20-9-11-22-21(15-20)10-12-23(24(22)26)25(27,28)29/h9-12,15-19H,2-8,13-14H2,1H3/t16-,17?,18-,19?/m1/s1. The molecule has 2 fully saturated rings. The maximum atomic E-state index is 14.4. The van der Waals surface area contributed by atoms with Gasteiger partial charge in [-0.05, 0) is 72.8 Å². The number of rotatable bonds is 4. The van der Waals surface area contributed by atoms with E-state index in [1.165, 1.54) is 57.4 Å². The molecule has 4 heteroatoms. The molecule has 4 rings (SSSR count). The molecule has 0 amide bonds. The van der Waals surface area contributed by atoms with Crippen molar-refractivity contribution < 1.29 is 17.6 Å². The summed E-state index contributed by atoms with van der Waals surface area (Å²) < 4.78 is 53.2. The summed E-state index contributed by atoms with van der Waals surface area (Å²) in [4.78, 5) is 0. The van der Waals surface area contributed by atoms with Gasteiger partial charge in [-0.15, -0.1) is 0 Å². The Kier molecular flexibility index (Phi) is 5.90. The largest absolute Gasteiger partial charge is 0.419 e. The third-order valence-electron chi connectivity index (χ3n) is 7.44. The number of fused-ring (bicyclic) bond motifs is 2. The van der Waals surface area contributed by atoms with Crippen molar-refractivity contribution in [1.82, 2.24) is 0 Å². The molecular weight excluding hydrogens is 376 g/mol. The first-order valence-corrected chi connectivity index (χ1v) is 11.2. The molecule has 2 aliphatic carbocycles. The lowest BCUT2D eigenvalue weighted by Gasteiger charge is -2.42. The average Bonchev–Trinajstić information content (AvgIpc) is 2.70. The van der Waals surface area contributed by atoms with Crippen molar-refractivity contribution in [2.45, 2.75) is 76.8 Å². The van der Waals surface area contributed by atoms with E-state index in [2.05, 4.69) is 6.92 Å². The van der Waals surface area contributed by atoms with Crippen molar-refractivity contribution in [3.05, 3.63) is 47.3 Å². The van der Waals surface area contributed by atoms with Crippen molar-refractivity contribution in [2.75, 3.05) is 0 Å². The van der Waals surface area contributed by atoms with E-state index in [-0.39, 0.29) is 5.39 Å². The Balaban J connectivity index is 1.49. The number of benzene rings is 2. The number of alkyl halides is 3. The van der Waals surface area contributed by atoms with E-state index < -0.39 is 17.6 Å². The van der Waals surface area contributed by atoms with Crippen LogP contribution in [0.1, 0.15) is 81.8 Å². The van der Waals surface area contributed by atoms with Gasteiger partial charge in [-0.2, -0.15) is 13.2 Å². The van der Waals surface area contributed by atoms with Crippen LogP contribution >= 0.6 is 0 Å². The summed E-state index contributed by atoms with van der Waals surface area (Å²) in [6.07, 6.45) is 6.91. The van der Waals surface area contributed by atoms with E-state index in [1.807, 2.05) is 12.1 Å². The molecular formula is C25H30F4. The van der Waals surface area contributed by atoms with Gasteiger partial charge in [0.2, 0.25) is 0 Å². The first kappa shape index (κ1) is 20.7. The molecule has 0 radical (unpaired) electrons. The number of hydrogen-bond donors (Lipinski definition) is 0. The van der Waals surface area contributed by atoms with E-state index in [4.69, 9.17) is 0 Å². The predicted molar refractivity (Wildman–Crippen MR) is 109 cm³/mol. The summed E-state index contributed by atoms with van der Waals surface area (Å²) in [7, 11) is 0. The van der Waals surface area contributed by atoms with Gasteiger partial charge in [0, 0.05) is 5.39 Å². The van der Waals surface area contributed by atoms with E-state index in [1.54, 1.807) is 6.07 Å². The summed E-state index contributed by atoms with van der Waals surface area (Å²) in [6.45, 7) is 2.26. The zero-order valence-corrected chi connectivity index (χ0v) is 17.1. The van der Waals surface area contributed by atoms with Gasteiger partial charge in [-0.1, -0.05) is 56.9 Å². The van der Waals surface area contributed by atoms with Crippen LogP contribution in [-0.4, -0.2) is 0 Å². The fraction of sp³-hybridized carbons (Fsp3) is 0.600. The molecule has 0 saturated heterocycles. The molecule has 2 saturated carbocycles. The first-order valence-electron chi connectivity index (χ1n) is 11.2. The second kappa shape index (κ2) is 8.28. The normalized spacial score (nSPS) is 27.8. The lowest BCUT2D eigenvalue weighted by Crippen LogP contribution is -2.30. The van der Waals surface area contributed by atoms with Crippen molar-refractivity contribution in [3.8, 4) is 0 Å². The molecule has 0 bridgehead atoms. The Morgan fingerprint density at radius 1 is 0.931 bits per heavy atom. The fourth-order valence-corrected chi connectivity index (χ4v) is 5.83. The second-order valence-electron chi connectivity index (χ2n) is 9.26. The monoisotopic (exact) mass is 406 g/mol. The molecule has 2 unspecified atom stereocenters. The summed E-state index contributed by atoms with van der Waals surface area (Å²) in [5.41, 5.74) is -0.0266. The number of unbranched alkanes of at least 4 members (excludes halogenated alkanes) is 1. The minimum Gasteiger partial charge on any atom is -0.206 e. The van der Waals surface area contributed by atoms with Crippen LogP contribution in [0.2, 0.25) is 0 Å². The maximum Gasteiger partial charge on any atom is 0.419 e. The van der Waals surface area contributed by atoms with Crippen molar-refractivity contribution in [1.29, 1.82) is 0 Å². The van der Waals surface area contributed by atoms with Gasteiger partial charge < -0.3 is 0 Å². The van der Waals surface area contributed by atoms with E-state index in [9.17, 15) is 17.6 Å². The molecule has 0 aliphatic heterocycles. The Hall–Kier alpha value is -1.58. The molecule has 2 aromatic carbocycles. The lowest BCUT2D eigenvalue weighted by atomic mass is 9.63. The zero-order chi connectivity index (χ0) is 20.6. The molecule has 0 nitrogen and oxygen atoms in total. The van der Waals surface area contributed by atoms with Gasteiger partial charge in [0.25, 0.3) is 0 Å². The molecule has 2 aliphatic rings.